The fraction of sp³-hybridized carbons (Fsp3) is 0.706. The van der Waals surface area contributed by atoms with Gasteiger partial charge in [-0.15, -0.1) is 0 Å². The molecule has 0 saturated carbocycles. The van der Waals surface area contributed by atoms with E-state index in [-0.39, 0.29) is 11.5 Å². The molecule has 7 nitrogen and oxygen atoms in total. The van der Waals surface area contributed by atoms with Gasteiger partial charge in [0, 0.05) is 39.0 Å². The Morgan fingerprint density at radius 2 is 2.00 bits per heavy atom. The van der Waals surface area contributed by atoms with Crippen LogP contribution in [-0.4, -0.2) is 54.7 Å². The Labute approximate surface area is 143 Å². The van der Waals surface area contributed by atoms with E-state index < -0.39 is 11.9 Å². The molecular weight excluding hydrogens is 310 g/mol. The average molecular weight is 337 g/mol. The molecule has 1 aliphatic heterocycles. The van der Waals surface area contributed by atoms with Crippen molar-refractivity contribution in [2.75, 3.05) is 32.8 Å². The van der Waals surface area contributed by atoms with Crippen LogP contribution in [0.5, 0.6) is 0 Å². The third kappa shape index (κ3) is 7.47. The summed E-state index contributed by atoms with van der Waals surface area (Å²) in [6.45, 7) is 4.98. The highest BCUT2D eigenvalue weighted by Crippen LogP contribution is 2.18. The lowest BCUT2D eigenvalue weighted by Gasteiger charge is -2.29. The highest BCUT2D eigenvalue weighted by molar-refractivity contribution is 5.97. The molecule has 7 heteroatoms. The number of unbranched alkanes of at least 4 members (excludes halogenated alkanes) is 1. The lowest BCUT2D eigenvalue weighted by Crippen LogP contribution is -2.34. The molecule has 2 N–H and O–H groups in total. The Morgan fingerprint density at radius 3 is 2.58 bits per heavy atom. The lowest BCUT2D eigenvalue weighted by atomic mass is 9.97. The summed E-state index contributed by atoms with van der Waals surface area (Å²) in [4.78, 5) is 24.7. The molecule has 0 atom stereocenters. The normalized spacial score (nSPS) is 15.8. The number of nitriles is 1. The number of carboxylic acids is 1. The fourth-order valence-corrected chi connectivity index (χ4v) is 2.42. The van der Waals surface area contributed by atoms with Gasteiger partial charge in [0.05, 0.1) is 5.92 Å². The second-order valence-corrected chi connectivity index (χ2v) is 5.88. The van der Waals surface area contributed by atoms with E-state index in [0.717, 1.165) is 19.4 Å². The van der Waals surface area contributed by atoms with Crippen LogP contribution < -0.4 is 5.32 Å². The van der Waals surface area contributed by atoms with Gasteiger partial charge >= 0.3 is 5.97 Å². The number of carbonyl (C=O) groups excluding carboxylic acids is 1. The molecule has 134 valence electrons. The maximum Gasteiger partial charge on any atom is 0.306 e. The lowest BCUT2D eigenvalue weighted by molar-refractivity contribution is -0.143. The van der Waals surface area contributed by atoms with Crippen molar-refractivity contribution >= 4 is 11.9 Å². The molecule has 0 bridgehead atoms. The Morgan fingerprint density at radius 1 is 1.33 bits per heavy atom. The van der Waals surface area contributed by atoms with Crippen molar-refractivity contribution in [3.05, 3.63) is 11.8 Å². The highest BCUT2D eigenvalue weighted by Gasteiger charge is 2.23. The molecule has 1 rings (SSSR count). The summed E-state index contributed by atoms with van der Waals surface area (Å²) in [7, 11) is 0. The van der Waals surface area contributed by atoms with Gasteiger partial charge in [0.25, 0.3) is 5.91 Å². The quantitative estimate of drug-likeness (QED) is 0.356. The topological polar surface area (TPSA) is 103 Å². The van der Waals surface area contributed by atoms with E-state index in [0.29, 0.717) is 45.5 Å². The van der Waals surface area contributed by atoms with Crippen LogP contribution in [0.3, 0.4) is 0 Å². The zero-order valence-corrected chi connectivity index (χ0v) is 14.3. The number of nitrogens with one attached hydrogen (secondary N) is 1. The molecule has 0 aromatic rings. The fourth-order valence-electron chi connectivity index (χ4n) is 2.42. The standard InChI is InChI=1S/C17H27N3O4/c1-2-3-10-24-11-4-7-19-16(21)15(12-18)13-20-8-5-14(6-9-20)17(22)23/h13-14H,2-11H2,1H3,(H,19,21)(H,22,23)/b15-13-. The van der Waals surface area contributed by atoms with E-state index in [1.54, 1.807) is 0 Å². The van der Waals surface area contributed by atoms with Crippen molar-refractivity contribution < 1.29 is 19.4 Å². The first-order chi connectivity index (χ1) is 11.6. The van der Waals surface area contributed by atoms with Crippen molar-refractivity contribution in [2.24, 2.45) is 5.92 Å². The van der Waals surface area contributed by atoms with Gasteiger partial charge in [-0.05, 0) is 25.7 Å². The maximum atomic E-state index is 12.0. The number of ether oxygens (including phenoxy) is 1. The molecule has 0 aromatic carbocycles. The number of hydrogen-bond donors (Lipinski definition) is 2. The number of piperidine rings is 1. The predicted molar refractivity (Wildman–Crippen MR) is 89.0 cm³/mol. The number of carboxylic acid groups (broad SMARTS) is 1. The molecule has 0 aliphatic carbocycles. The monoisotopic (exact) mass is 337 g/mol. The Bertz CT molecular complexity index is 477. The van der Waals surface area contributed by atoms with E-state index in [9.17, 15) is 9.59 Å². The summed E-state index contributed by atoms with van der Waals surface area (Å²) in [5.74, 6) is -1.51. The van der Waals surface area contributed by atoms with Gasteiger partial charge in [-0.2, -0.15) is 5.26 Å². The summed E-state index contributed by atoms with van der Waals surface area (Å²) in [5.41, 5.74) is 0.0516. The summed E-state index contributed by atoms with van der Waals surface area (Å²) >= 11 is 0. The van der Waals surface area contributed by atoms with Crippen LogP contribution in [0.1, 0.15) is 39.0 Å². The third-order valence-electron chi connectivity index (χ3n) is 3.95. The summed E-state index contributed by atoms with van der Waals surface area (Å²) in [6.07, 6.45) is 5.43. The molecule has 0 unspecified atom stereocenters. The first-order valence-corrected chi connectivity index (χ1v) is 8.53. The molecule has 0 radical (unpaired) electrons. The minimum absolute atomic E-state index is 0.0516. The third-order valence-corrected chi connectivity index (χ3v) is 3.95. The summed E-state index contributed by atoms with van der Waals surface area (Å²) < 4.78 is 5.41. The van der Waals surface area contributed by atoms with Crippen molar-refractivity contribution in [3.8, 4) is 6.07 Å². The highest BCUT2D eigenvalue weighted by atomic mass is 16.5. The largest absolute Gasteiger partial charge is 0.481 e. The molecule has 1 aliphatic rings. The second-order valence-electron chi connectivity index (χ2n) is 5.88. The number of hydrogen-bond acceptors (Lipinski definition) is 5. The molecule has 0 spiro atoms. The van der Waals surface area contributed by atoms with Crippen molar-refractivity contribution in [1.29, 1.82) is 5.26 Å². The summed E-state index contributed by atoms with van der Waals surface area (Å²) in [5, 5.41) is 20.8. The number of carbonyl (C=O) groups is 2. The number of amides is 1. The van der Waals surface area contributed by atoms with Crippen LogP contribution in [-0.2, 0) is 14.3 Å². The molecule has 24 heavy (non-hydrogen) atoms. The Kier molecular flexibility index (Phi) is 9.54. The molecule has 1 saturated heterocycles. The van der Waals surface area contributed by atoms with E-state index >= 15 is 0 Å². The number of likely N-dealkylation sites (tertiary alicyclic amines) is 1. The van der Waals surface area contributed by atoms with Gasteiger partial charge < -0.3 is 20.1 Å². The number of rotatable bonds is 10. The average Bonchev–Trinajstić information content (AvgIpc) is 2.59. The van der Waals surface area contributed by atoms with E-state index in [1.807, 2.05) is 11.0 Å². The Balaban J connectivity index is 2.31. The molecule has 1 heterocycles. The van der Waals surface area contributed by atoms with Crippen molar-refractivity contribution in [1.82, 2.24) is 10.2 Å². The predicted octanol–water partition coefficient (Wildman–Crippen LogP) is 1.51. The Hall–Kier alpha value is -2.07. The van der Waals surface area contributed by atoms with Gasteiger partial charge in [-0.25, -0.2) is 0 Å². The SMILES string of the molecule is CCCCOCCCNC(=O)/C(C#N)=C\N1CCC(C(=O)O)CC1. The van der Waals surface area contributed by atoms with Crippen LogP contribution in [0.4, 0.5) is 0 Å². The minimum Gasteiger partial charge on any atom is -0.481 e. The molecule has 0 aromatic heterocycles. The van der Waals surface area contributed by atoms with Gasteiger partial charge in [-0.3, -0.25) is 9.59 Å². The van der Waals surface area contributed by atoms with Crippen molar-refractivity contribution in [3.63, 3.8) is 0 Å². The van der Waals surface area contributed by atoms with Crippen LogP contribution in [0, 0.1) is 17.2 Å². The summed E-state index contributed by atoms with van der Waals surface area (Å²) in [6, 6.07) is 1.91. The second kappa shape index (κ2) is 11.5. The van der Waals surface area contributed by atoms with Crippen LogP contribution >= 0.6 is 0 Å². The zero-order chi connectivity index (χ0) is 17.8. The van der Waals surface area contributed by atoms with Gasteiger partial charge in [0.1, 0.15) is 11.6 Å². The molecular formula is C17H27N3O4. The van der Waals surface area contributed by atoms with E-state index in [2.05, 4.69) is 12.2 Å². The molecule has 1 amide bonds. The smallest absolute Gasteiger partial charge is 0.306 e. The van der Waals surface area contributed by atoms with Crippen molar-refractivity contribution in [2.45, 2.75) is 39.0 Å². The first-order valence-electron chi connectivity index (χ1n) is 8.53. The van der Waals surface area contributed by atoms with E-state index in [1.165, 1.54) is 6.20 Å². The van der Waals surface area contributed by atoms with Gasteiger partial charge in [0.2, 0.25) is 0 Å². The van der Waals surface area contributed by atoms with Gasteiger partial charge in [-0.1, -0.05) is 13.3 Å². The molecule has 1 fully saturated rings. The minimum atomic E-state index is -0.780. The van der Waals surface area contributed by atoms with Crippen LogP contribution in [0.15, 0.2) is 11.8 Å². The maximum absolute atomic E-state index is 12.0. The number of nitrogens with zero attached hydrogens (tertiary/aromatic N) is 2. The zero-order valence-electron chi connectivity index (χ0n) is 14.3. The van der Waals surface area contributed by atoms with E-state index in [4.69, 9.17) is 15.1 Å². The van der Waals surface area contributed by atoms with Gasteiger partial charge in [0.15, 0.2) is 0 Å². The number of aliphatic carboxylic acids is 1. The van der Waals surface area contributed by atoms with Crippen LogP contribution in [0.2, 0.25) is 0 Å². The first kappa shape index (κ1) is 20.0. The van der Waals surface area contributed by atoms with Crippen LogP contribution in [0.25, 0.3) is 0 Å².